The zero-order chi connectivity index (χ0) is 23.2. The van der Waals surface area contributed by atoms with Crippen LogP contribution in [0, 0.1) is 5.82 Å². The number of hydrogen-bond acceptors (Lipinski definition) is 6. The van der Waals surface area contributed by atoms with Crippen LogP contribution in [0.1, 0.15) is 16.8 Å². The molecule has 8 nitrogen and oxygen atoms in total. The number of hydrogen-bond donors (Lipinski definition) is 1. The summed E-state index contributed by atoms with van der Waals surface area (Å²) < 4.78 is 60.0. The number of aromatic amines is 1. The number of nitrogens with zero attached hydrogens (tertiary/aromatic N) is 4. The maximum atomic E-state index is 13.4. The quantitative estimate of drug-likeness (QED) is 0.590. The molecule has 168 valence electrons. The van der Waals surface area contributed by atoms with E-state index in [0.29, 0.717) is 29.6 Å². The molecule has 1 aromatic carbocycles. The molecule has 0 saturated heterocycles. The second-order valence-electron chi connectivity index (χ2n) is 6.99. The van der Waals surface area contributed by atoms with Gasteiger partial charge in [0, 0.05) is 19.2 Å². The molecule has 0 saturated carbocycles. The number of alkyl halides is 3. The summed E-state index contributed by atoms with van der Waals surface area (Å²) >= 11 is 6.07. The lowest BCUT2D eigenvalue weighted by atomic mass is 10.1. The summed E-state index contributed by atoms with van der Waals surface area (Å²) in [5, 5.41) is 5.85. The Morgan fingerprint density at radius 1 is 1.25 bits per heavy atom. The number of nitrogens with one attached hydrogen (secondary N) is 1. The van der Waals surface area contributed by atoms with Crippen LogP contribution in [-0.4, -0.2) is 26.3 Å². The maximum absolute atomic E-state index is 13.4. The van der Waals surface area contributed by atoms with Gasteiger partial charge in [0.05, 0.1) is 24.1 Å². The smallest absolute Gasteiger partial charge is 0.420 e. The molecule has 0 unspecified atom stereocenters. The van der Waals surface area contributed by atoms with Crippen LogP contribution in [0.15, 0.2) is 34.0 Å². The molecule has 1 aliphatic rings. The van der Waals surface area contributed by atoms with E-state index in [1.807, 2.05) is 0 Å². The van der Waals surface area contributed by atoms with Crippen LogP contribution >= 0.6 is 11.6 Å². The summed E-state index contributed by atoms with van der Waals surface area (Å²) in [6.07, 6.45) is -3.30. The SMILES string of the molecule is Cn1c2c(c(Oc3ccc(F)cc3C(F)(F)F)nc1=O)CCN(c1cn[nH]c(=O)c1Cl)C2. The molecule has 3 heterocycles. The zero-order valence-corrected chi connectivity index (χ0v) is 17.1. The van der Waals surface area contributed by atoms with Gasteiger partial charge in [-0.2, -0.15) is 23.3 Å². The first-order valence-corrected chi connectivity index (χ1v) is 9.55. The Hall–Kier alpha value is -3.41. The third kappa shape index (κ3) is 3.93. The summed E-state index contributed by atoms with van der Waals surface area (Å²) in [4.78, 5) is 29.6. The van der Waals surface area contributed by atoms with Crippen LogP contribution in [0.2, 0.25) is 5.02 Å². The maximum Gasteiger partial charge on any atom is 0.420 e. The summed E-state index contributed by atoms with van der Waals surface area (Å²) in [6, 6.07) is 1.97. The third-order valence-electron chi connectivity index (χ3n) is 5.04. The van der Waals surface area contributed by atoms with E-state index in [1.54, 1.807) is 4.90 Å². The Morgan fingerprint density at radius 3 is 2.72 bits per heavy atom. The van der Waals surface area contributed by atoms with Crippen molar-refractivity contribution in [2.45, 2.75) is 19.1 Å². The minimum absolute atomic E-state index is 0.0832. The molecule has 3 aromatic rings. The lowest BCUT2D eigenvalue weighted by Gasteiger charge is -2.32. The van der Waals surface area contributed by atoms with Crippen molar-refractivity contribution >= 4 is 17.3 Å². The van der Waals surface area contributed by atoms with Gasteiger partial charge in [-0.15, -0.1) is 0 Å². The van der Waals surface area contributed by atoms with Gasteiger partial charge in [-0.1, -0.05) is 11.6 Å². The number of rotatable bonds is 3. The fraction of sp³-hybridized carbons (Fsp3) is 0.263. The molecule has 4 rings (SSSR count). The minimum Gasteiger partial charge on any atom is -0.438 e. The number of benzene rings is 1. The largest absolute Gasteiger partial charge is 0.438 e. The molecule has 0 aliphatic carbocycles. The molecule has 1 aliphatic heterocycles. The first-order valence-electron chi connectivity index (χ1n) is 9.17. The molecule has 32 heavy (non-hydrogen) atoms. The van der Waals surface area contributed by atoms with Crippen molar-refractivity contribution in [2.24, 2.45) is 7.05 Å². The minimum atomic E-state index is -4.88. The molecule has 0 amide bonds. The Labute approximate surface area is 182 Å². The fourth-order valence-corrected chi connectivity index (χ4v) is 3.64. The average molecular weight is 472 g/mol. The van der Waals surface area contributed by atoms with Crippen molar-refractivity contribution < 1.29 is 22.3 Å². The van der Waals surface area contributed by atoms with Crippen LogP contribution < -0.4 is 20.9 Å². The average Bonchev–Trinajstić information content (AvgIpc) is 2.74. The highest BCUT2D eigenvalue weighted by Gasteiger charge is 2.36. The fourth-order valence-electron chi connectivity index (χ4n) is 3.43. The van der Waals surface area contributed by atoms with Crippen LogP contribution in [-0.2, 0) is 26.2 Å². The summed E-state index contributed by atoms with van der Waals surface area (Å²) in [7, 11) is 1.46. The number of halogens is 5. The highest BCUT2D eigenvalue weighted by molar-refractivity contribution is 6.33. The number of anilines is 1. The Balaban J connectivity index is 1.76. The molecule has 0 fully saturated rings. The van der Waals surface area contributed by atoms with E-state index in [4.69, 9.17) is 16.3 Å². The van der Waals surface area contributed by atoms with Crippen LogP contribution in [0.25, 0.3) is 0 Å². The normalized spacial score (nSPS) is 13.8. The van der Waals surface area contributed by atoms with E-state index in [2.05, 4.69) is 15.2 Å². The van der Waals surface area contributed by atoms with Crippen molar-refractivity contribution in [1.29, 1.82) is 0 Å². The van der Waals surface area contributed by atoms with Crippen LogP contribution in [0.4, 0.5) is 23.2 Å². The number of aromatic nitrogens is 4. The lowest BCUT2D eigenvalue weighted by Crippen LogP contribution is -2.37. The molecule has 0 radical (unpaired) electrons. The van der Waals surface area contributed by atoms with E-state index in [1.165, 1.54) is 17.8 Å². The topological polar surface area (TPSA) is 93.1 Å². The summed E-state index contributed by atoms with van der Waals surface area (Å²) in [6.45, 7) is 0.393. The van der Waals surface area contributed by atoms with E-state index < -0.39 is 34.6 Å². The second kappa shape index (κ2) is 7.93. The standard InChI is InChI=1S/C19H14ClF4N5O3/c1-28-13-8-29(12-7-25-27-16(30)15(12)20)5-4-10(13)17(26-18(28)31)32-14-3-2-9(21)6-11(14)19(22,23)24/h2-3,6-7H,4-5,8H2,1H3,(H,27,30). The van der Waals surface area contributed by atoms with E-state index >= 15 is 0 Å². The number of ether oxygens (including phenoxy) is 1. The third-order valence-corrected chi connectivity index (χ3v) is 5.40. The predicted molar refractivity (Wildman–Crippen MR) is 106 cm³/mol. The molecular formula is C19H14ClF4N5O3. The van der Waals surface area contributed by atoms with Gasteiger partial charge >= 0.3 is 11.9 Å². The highest BCUT2D eigenvalue weighted by atomic mass is 35.5. The van der Waals surface area contributed by atoms with Crippen LogP contribution in [0.5, 0.6) is 11.6 Å². The first kappa shape index (κ1) is 21.8. The molecule has 1 N–H and O–H groups in total. The van der Waals surface area contributed by atoms with E-state index in [-0.39, 0.29) is 23.9 Å². The predicted octanol–water partition coefficient (Wildman–Crippen LogP) is 3.03. The van der Waals surface area contributed by atoms with Crippen molar-refractivity contribution in [2.75, 3.05) is 11.4 Å². The van der Waals surface area contributed by atoms with E-state index in [9.17, 15) is 27.2 Å². The van der Waals surface area contributed by atoms with Crippen molar-refractivity contribution in [3.05, 3.63) is 72.9 Å². The van der Waals surface area contributed by atoms with Gasteiger partial charge < -0.3 is 9.64 Å². The van der Waals surface area contributed by atoms with E-state index in [0.717, 1.165) is 12.1 Å². The van der Waals surface area contributed by atoms with Gasteiger partial charge in [-0.05, 0) is 24.6 Å². The lowest BCUT2D eigenvalue weighted by molar-refractivity contribution is -0.138. The Bertz CT molecular complexity index is 1320. The van der Waals surface area contributed by atoms with Crippen molar-refractivity contribution in [3.8, 4) is 11.6 Å². The number of fused-ring (bicyclic) bond motifs is 1. The second-order valence-corrected chi connectivity index (χ2v) is 7.37. The Morgan fingerprint density at radius 2 is 2.00 bits per heavy atom. The molecule has 13 heteroatoms. The first-order chi connectivity index (χ1) is 15.1. The molecule has 2 aromatic heterocycles. The summed E-state index contributed by atoms with van der Waals surface area (Å²) in [5.41, 5.74) is -1.50. The van der Waals surface area contributed by atoms with Crippen molar-refractivity contribution in [3.63, 3.8) is 0 Å². The summed E-state index contributed by atoms with van der Waals surface area (Å²) in [5.74, 6) is -2.05. The highest BCUT2D eigenvalue weighted by Crippen LogP contribution is 2.39. The van der Waals surface area contributed by atoms with Gasteiger partial charge in [0.2, 0.25) is 5.88 Å². The molecular weight excluding hydrogens is 458 g/mol. The monoisotopic (exact) mass is 471 g/mol. The molecule has 0 bridgehead atoms. The Kier molecular flexibility index (Phi) is 5.41. The van der Waals surface area contributed by atoms with Gasteiger partial charge in [0.15, 0.2) is 0 Å². The molecule has 0 spiro atoms. The van der Waals surface area contributed by atoms with Crippen LogP contribution in [0.3, 0.4) is 0 Å². The van der Waals surface area contributed by atoms with Crippen molar-refractivity contribution in [1.82, 2.24) is 19.7 Å². The van der Waals surface area contributed by atoms with Gasteiger partial charge in [0.25, 0.3) is 5.56 Å². The zero-order valence-electron chi connectivity index (χ0n) is 16.3. The number of H-pyrrole nitrogens is 1. The van der Waals surface area contributed by atoms with Gasteiger partial charge in [-0.25, -0.2) is 14.3 Å². The molecule has 0 atom stereocenters. The van der Waals surface area contributed by atoms with Gasteiger partial charge in [-0.3, -0.25) is 9.36 Å². The van der Waals surface area contributed by atoms with Gasteiger partial charge in [0.1, 0.15) is 22.2 Å².